The molecule has 0 heterocycles. The van der Waals surface area contributed by atoms with Crippen LogP contribution in [0.1, 0.15) is 72.1 Å². The second kappa shape index (κ2) is 17.5. The molecule has 214 valence electrons. The van der Waals surface area contributed by atoms with E-state index in [4.69, 9.17) is 24.4 Å². The topological polar surface area (TPSA) is 169 Å². The van der Waals surface area contributed by atoms with Crippen molar-refractivity contribution < 1.29 is 19.4 Å². The molecule has 0 saturated heterocycles. The highest BCUT2D eigenvalue weighted by Crippen LogP contribution is 2.14. The smallest absolute Gasteiger partial charge is 0.270 e. The van der Waals surface area contributed by atoms with Crippen LogP contribution in [0.3, 0.4) is 0 Å². The Labute approximate surface area is 242 Å². The van der Waals surface area contributed by atoms with Crippen molar-refractivity contribution in [2.75, 3.05) is 13.1 Å². The Bertz CT molecular complexity index is 1130. The lowest BCUT2D eigenvalue weighted by atomic mass is 10.1. The van der Waals surface area contributed by atoms with E-state index >= 15 is 0 Å². The zero-order valence-corrected chi connectivity index (χ0v) is 23.5. The normalized spacial score (nSPS) is 10.3. The predicted octanol–water partition coefficient (Wildman–Crippen LogP) is 4.53. The summed E-state index contributed by atoms with van der Waals surface area (Å²) >= 11 is 10.2. The molecule has 40 heavy (non-hydrogen) atoms. The number of benzene rings is 2. The number of hydrogen-bond donors (Lipinski definition) is 4. The lowest BCUT2D eigenvalue weighted by Crippen LogP contribution is -2.39. The number of nitro benzene ring substituents is 2. The molecule has 0 radical (unpaired) electrons. The number of amides is 2. The van der Waals surface area contributed by atoms with Gasteiger partial charge in [0.25, 0.3) is 23.2 Å². The number of carbonyl (C=O) groups is 2. The first kappa shape index (κ1) is 32.2. The van der Waals surface area contributed by atoms with E-state index in [-0.39, 0.29) is 32.7 Å². The fourth-order valence-corrected chi connectivity index (χ4v) is 4.06. The van der Waals surface area contributed by atoms with E-state index in [0.717, 1.165) is 51.4 Å². The molecule has 0 aliphatic rings. The van der Waals surface area contributed by atoms with Crippen molar-refractivity contribution in [1.29, 1.82) is 0 Å². The third kappa shape index (κ3) is 12.2. The van der Waals surface area contributed by atoms with E-state index in [9.17, 15) is 29.8 Å². The van der Waals surface area contributed by atoms with Crippen molar-refractivity contribution in [3.63, 3.8) is 0 Å². The molecule has 2 amide bonds. The van der Waals surface area contributed by atoms with Crippen LogP contribution >= 0.6 is 24.4 Å². The van der Waals surface area contributed by atoms with Gasteiger partial charge in [0.05, 0.1) is 9.85 Å². The molecule has 12 nitrogen and oxygen atoms in total. The second-order valence-corrected chi connectivity index (χ2v) is 9.68. The van der Waals surface area contributed by atoms with E-state index < -0.39 is 21.7 Å². The number of thiocarbonyl (C=S) groups is 2. The molecular weight excluding hydrogens is 556 g/mol. The summed E-state index contributed by atoms with van der Waals surface area (Å²) in [4.78, 5) is 44.9. The van der Waals surface area contributed by atoms with Crippen LogP contribution in [0.4, 0.5) is 11.4 Å². The molecule has 4 N–H and O–H groups in total. The molecule has 0 atom stereocenters. The summed E-state index contributed by atoms with van der Waals surface area (Å²) in [6.45, 7) is 1.24. The quantitative estimate of drug-likeness (QED) is 0.100. The fraction of sp³-hybridized carbons (Fsp3) is 0.385. The van der Waals surface area contributed by atoms with Gasteiger partial charge in [0, 0.05) is 48.5 Å². The number of nitro groups is 2. The van der Waals surface area contributed by atoms with Crippen molar-refractivity contribution in [2.24, 2.45) is 0 Å². The molecule has 2 aromatic rings. The molecule has 2 rings (SSSR count). The van der Waals surface area contributed by atoms with Crippen LogP contribution in [0, 0.1) is 20.2 Å². The Morgan fingerprint density at radius 1 is 0.625 bits per heavy atom. The molecule has 0 fully saturated rings. The van der Waals surface area contributed by atoms with E-state index in [1.807, 2.05) is 0 Å². The zero-order valence-electron chi connectivity index (χ0n) is 21.9. The summed E-state index contributed by atoms with van der Waals surface area (Å²) in [5, 5.41) is 33.1. The van der Waals surface area contributed by atoms with E-state index in [1.54, 1.807) is 0 Å². The lowest BCUT2D eigenvalue weighted by Gasteiger charge is -2.10. The number of nitrogens with one attached hydrogen (secondary N) is 4. The number of unbranched alkanes of at least 4 members (excludes halogenated alkanes) is 7. The summed E-state index contributed by atoms with van der Waals surface area (Å²) in [7, 11) is 0. The van der Waals surface area contributed by atoms with Gasteiger partial charge < -0.3 is 10.6 Å². The maximum Gasteiger partial charge on any atom is 0.270 e. The summed E-state index contributed by atoms with van der Waals surface area (Å²) in [6, 6.07) is 10.9. The van der Waals surface area contributed by atoms with Gasteiger partial charge >= 0.3 is 0 Å². The number of hydrogen-bond acceptors (Lipinski definition) is 8. The monoisotopic (exact) mass is 588 g/mol. The van der Waals surface area contributed by atoms with Gasteiger partial charge in [-0.05, 0) is 49.4 Å². The van der Waals surface area contributed by atoms with Gasteiger partial charge in [0.15, 0.2) is 10.2 Å². The van der Waals surface area contributed by atoms with Crippen molar-refractivity contribution in [3.05, 3.63) is 79.9 Å². The van der Waals surface area contributed by atoms with Gasteiger partial charge in [0.2, 0.25) is 0 Å². The molecule has 0 saturated carbocycles. The third-order valence-electron chi connectivity index (χ3n) is 5.77. The fourth-order valence-electron chi connectivity index (χ4n) is 3.67. The molecule has 0 unspecified atom stereocenters. The molecule has 0 spiro atoms. The first-order valence-electron chi connectivity index (χ1n) is 12.8. The maximum absolute atomic E-state index is 12.2. The molecule has 0 aliphatic carbocycles. The van der Waals surface area contributed by atoms with Crippen LogP contribution in [0.15, 0.2) is 48.5 Å². The van der Waals surface area contributed by atoms with Gasteiger partial charge in [0.1, 0.15) is 0 Å². The summed E-state index contributed by atoms with van der Waals surface area (Å²) in [5.41, 5.74) is 0.0214. The average molecular weight is 589 g/mol. The van der Waals surface area contributed by atoms with Crippen LogP contribution in [-0.2, 0) is 0 Å². The van der Waals surface area contributed by atoms with Crippen LogP contribution in [-0.4, -0.2) is 45.0 Å². The molecule has 14 heteroatoms. The maximum atomic E-state index is 12.2. The number of carbonyl (C=O) groups excluding carboxylic acids is 2. The van der Waals surface area contributed by atoms with Crippen molar-refractivity contribution >= 4 is 57.8 Å². The van der Waals surface area contributed by atoms with Crippen molar-refractivity contribution in [3.8, 4) is 0 Å². The Kier molecular flexibility index (Phi) is 14.1. The highest BCUT2D eigenvalue weighted by atomic mass is 32.1. The molecule has 0 aliphatic heterocycles. The van der Waals surface area contributed by atoms with E-state index in [2.05, 4.69) is 21.3 Å². The molecule has 2 aromatic carbocycles. The van der Waals surface area contributed by atoms with Crippen LogP contribution in [0.2, 0.25) is 0 Å². The zero-order chi connectivity index (χ0) is 29.3. The third-order valence-corrected chi connectivity index (χ3v) is 6.26. The van der Waals surface area contributed by atoms with E-state index in [1.165, 1.54) is 48.5 Å². The Morgan fingerprint density at radius 3 is 1.32 bits per heavy atom. The molecule has 0 bridgehead atoms. The Hall–Kier alpha value is -4.04. The van der Waals surface area contributed by atoms with Gasteiger partial charge in [-0.25, -0.2) is 0 Å². The minimum absolute atomic E-state index is 0.158. The van der Waals surface area contributed by atoms with Gasteiger partial charge in [-0.3, -0.25) is 40.5 Å². The Morgan fingerprint density at radius 2 is 0.975 bits per heavy atom. The summed E-state index contributed by atoms with van der Waals surface area (Å²) < 4.78 is 0. The number of rotatable bonds is 15. The van der Waals surface area contributed by atoms with Crippen LogP contribution < -0.4 is 21.3 Å². The lowest BCUT2D eigenvalue weighted by molar-refractivity contribution is -0.385. The highest BCUT2D eigenvalue weighted by Gasteiger charge is 2.13. The van der Waals surface area contributed by atoms with E-state index in [0.29, 0.717) is 13.1 Å². The summed E-state index contributed by atoms with van der Waals surface area (Å²) in [5.74, 6) is -0.994. The molecular formula is C26H32N6O6S2. The minimum atomic E-state index is -0.557. The predicted molar refractivity (Wildman–Crippen MR) is 159 cm³/mol. The minimum Gasteiger partial charge on any atom is -0.362 e. The van der Waals surface area contributed by atoms with Crippen molar-refractivity contribution in [2.45, 2.75) is 51.4 Å². The first-order valence-corrected chi connectivity index (χ1v) is 13.7. The van der Waals surface area contributed by atoms with Gasteiger partial charge in [-0.15, -0.1) is 0 Å². The largest absolute Gasteiger partial charge is 0.362 e. The second-order valence-electron chi connectivity index (χ2n) is 8.86. The summed E-state index contributed by atoms with van der Waals surface area (Å²) in [6.07, 6.45) is 8.23. The number of non-ortho nitro benzene ring substituents is 2. The average Bonchev–Trinajstić information content (AvgIpc) is 2.93. The van der Waals surface area contributed by atoms with Gasteiger partial charge in [-0.1, -0.05) is 50.7 Å². The SMILES string of the molecule is O=C(NC(=S)NCCCCCCCCCCNC(=S)NC(=O)c1cccc([N+](=O)[O-])c1)c1cccc([N+](=O)[O-])c1. The number of nitrogens with zero attached hydrogens (tertiary/aromatic N) is 2. The van der Waals surface area contributed by atoms with Crippen molar-refractivity contribution in [1.82, 2.24) is 21.3 Å². The van der Waals surface area contributed by atoms with Crippen LogP contribution in [0.5, 0.6) is 0 Å². The highest BCUT2D eigenvalue weighted by molar-refractivity contribution is 7.80. The molecule has 0 aromatic heterocycles. The van der Waals surface area contributed by atoms with Crippen LogP contribution in [0.25, 0.3) is 0 Å². The van der Waals surface area contributed by atoms with Gasteiger partial charge in [-0.2, -0.15) is 0 Å². The first-order chi connectivity index (χ1) is 19.2. The Balaban J connectivity index is 1.44. The standard InChI is InChI=1S/C26H32N6O6S2/c33-23(19-11-9-13-21(17-19)31(35)36)29-25(39)27-15-7-5-3-1-2-4-6-8-16-28-26(40)30-24(34)20-12-10-14-22(18-20)32(37)38/h9-14,17-18H,1-8,15-16H2,(H2,27,29,33,39)(H2,28,30,34,40).